The molecule has 112 valence electrons. The van der Waals surface area contributed by atoms with Crippen molar-refractivity contribution in [2.24, 2.45) is 5.41 Å². The number of benzene rings is 2. The highest BCUT2D eigenvalue weighted by Crippen LogP contribution is 2.25. The van der Waals surface area contributed by atoms with E-state index in [1.54, 1.807) is 0 Å². The van der Waals surface area contributed by atoms with Crippen molar-refractivity contribution >= 4 is 10.9 Å². The zero-order chi connectivity index (χ0) is 15.6. The first-order chi connectivity index (χ1) is 10.5. The summed E-state index contributed by atoms with van der Waals surface area (Å²) in [5.41, 5.74) is 3.22. The van der Waals surface area contributed by atoms with Crippen LogP contribution in [0.5, 0.6) is 5.75 Å². The maximum absolute atomic E-state index is 5.89. The van der Waals surface area contributed by atoms with E-state index >= 15 is 0 Å². The Bertz CT molecular complexity index is 787. The third-order valence-electron chi connectivity index (χ3n) is 3.40. The molecule has 0 aliphatic heterocycles. The molecule has 0 bridgehead atoms. The van der Waals surface area contributed by atoms with Gasteiger partial charge in [-0.05, 0) is 29.7 Å². The van der Waals surface area contributed by atoms with Gasteiger partial charge in [-0.2, -0.15) is 0 Å². The summed E-state index contributed by atoms with van der Waals surface area (Å²) in [5, 5.41) is 1.16. The molecule has 0 saturated heterocycles. The van der Waals surface area contributed by atoms with Crippen molar-refractivity contribution in [1.29, 1.82) is 0 Å². The molecule has 1 heterocycles. The molecule has 0 unspecified atom stereocenters. The van der Waals surface area contributed by atoms with Gasteiger partial charge in [0.25, 0.3) is 0 Å². The minimum Gasteiger partial charge on any atom is -0.493 e. The lowest BCUT2D eigenvalue weighted by atomic mass is 9.99. The Hall–Kier alpha value is -2.35. The normalized spacial score (nSPS) is 11.6. The van der Waals surface area contributed by atoms with Gasteiger partial charge in [0.05, 0.1) is 17.8 Å². The second-order valence-corrected chi connectivity index (χ2v) is 6.77. The summed E-state index contributed by atoms with van der Waals surface area (Å²) >= 11 is 0. The molecule has 0 aliphatic carbocycles. The quantitative estimate of drug-likeness (QED) is 0.651. The molecule has 0 fully saturated rings. The van der Waals surface area contributed by atoms with E-state index in [1.807, 2.05) is 30.3 Å². The smallest absolute Gasteiger partial charge is 0.119 e. The van der Waals surface area contributed by atoms with E-state index in [9.17, 15) is 0 Å². The molecule has 0 spiro atoms. The van der Waals surface area contributed by atoms with E-state index in [1.165, 1.54) is 0 Å². The number of rotatable bonds is 3. The minimum absolute atomic E-state index is 0.150. The third-order valence-corrected chi connectivity index (χ3v) is 3.40. The van der Waals surface area contributed by atoms with Gasteiger partial charge in [-0.15, -0.1) is 0 Å². The standard InChI is InChI=1S/C20H21NO/c1-20(2,3)14-22-17-9-6-8-16(13-17)19-12-11-15-7-4-5-10-18(15)21-19/h4-13H,14H2,1-3H3. The van der Waals surface area contributed by atoms with Crippen molar-refractivity contribution in [3.8, 4) is 17.0 Å². The van der Waals surface area contributed by atoms with Crippen molar-refractivity contribution in [3.63, 3.8) is 0 Å². The number of nitrogens with zero attached hydrogens (tertiary/aromatic N) is 1. The molecule has 22 heavy (non-hydrogen) atoms. The number of hydrogen-bond acceptors (Lipinski definition) is 2. The van der Waals surface area contributed by atoms with E-state index in [0.29, 0.717) is 6.61 Å². The van der Waals surface area contributed by atoms with Gasteiger partial charge in [-0.1, -0.05) is 57.2 Å². The van der Waals surface area contributed by atoms with Crippen LogP contribution in [0.4, 0.5) is 0 Å². The predicted molar refractivity (Wildman–Crippen MR) is 92.1 cm³/mol. The summed E-state index contributed by atoms with van der Waals surface area (Å²) in [6.45, 7) is 7.20. The average molecular weight is 291 g/mol. The second kappa shape index (κ2) is 5.80. The first-order valence-corrected chi connectivity index (χ1v) is 7.60. The molecule has 2 nitrogen and oxygen atoms in total. The van der Waals surface area contributed by atoms with E-state index < -0.39 is 0 Å². The first kappa shape index (κ1) is 14.6. The number of para-hydroxylation sites is 1. The number of pyridine rings is 1. The Morgan fingerprint density at radius 3 is 2.55 bits per heavy atom. The minimum atomic E-state index is 0.150. The van der Waals surface area contributed by atoms with Crippen LogP contribution in [0.1, 0.15) is 20.8 Å². The van der Waals surface area contributed by atoms with Gasteiger partial charge in [0.1, 0.15) is 5.75 Å². The summed E-state index contributed by atoms with van der Waals surface area (Å²) in [6, 6.07) is 20.5. The molecule has 3 rings (SSSR count). The second-order valence-electron chi connectivity index (χ2n) is 6.77. The van der Waals surface area contributed by atoms with Crippen LogP contribution in [0.15, 0.2) is 60.7 Å². The average Bonchev–Trinajstić information content (AvgIpc) is 2.52. The highest BCUT2D eigenvalue weighted by Gasteiger charge is 2.11. The number of fused-ring (bicyclic) bond motifs is 1. The van der Waals surface area contributed by atoms with E-state index in [-0.39, 0.29) is 5.41 Å². The van der Waals surface area contributed by atoms with Crippen LogP contribution in [-0.2, 0) is 0 Å². The van der Waals surface area contributed by atoms with Crippen molar-refractivity contribution in [2.75, 3.05) is 6.61 Å². The molecule has 0 aliphatic rings. The fourth-order valence-corrected chi connectivity index (χ4v) is 2.27. The monoisotopic (exact) mass is 291 g/mol. The lowest BCUT2D eigenvalue weighted by Gasteiger charge is -2.19. The Morgan fingerprint density at radius 2 is 1.73 bits per heavy atom. The van der Waals surface area contributed by atoms with Crippen LogP contribution in [0, 0.1) is 5.41 Å². The molecule has 0 atom stereocenters. The maximum Gasteiger partial charge on any atom is 0.119 e. The van der Waals surface area contributed by atoms with Crippen LogP contribution in [0.25, 0.3) is 22.2 Å². The molecule has 3 aromatic rings. The van der Waals surface area contributed by atoms with Crippen LogP contribution in [0.2, 0.25) is 0 Å². The molecule has 1 aromatic heterocycles. The topological polar surface area (TPSA) is 22.1 Å². The maximum atomic E-state index is 5.89. The van der Waals surface area contributed by atoms with Gasteiger partial charge in [0.15, 0.2) is 0 Å². The fraction of sp³-hybridized carbons (Fsp3) is 0.250. The lowest BCUT2D eigenvalue weighted by molar-refractivity contribution is 0.198. The number of aromatic nitrogens is 1. The Labute approximate surface area is 131 Å². The SMILES string of the molecule is CC(C)(C)COc1cccc(-c2ccc3ccccc3n2)c1. The summed E-state index contributed by atoms with van der Waals surface area (Å²) < 4.78 is 5.89. The zero-order valence-electron chi connectivity index (χ0n) is 13.3. The van der Waals surface area contributed by atoms with Gasteiger partial charge < -0.3 is 4.74 Å². The van der Waals surface area contributed by atoms with Gasteiger partial charge in [-0.3, -0.25) is 0 Å². The summed E-state index contributed by atoms with van der Waals surface area (Å²) in [4.78, 5) is 4.74. The fourth-order valence-electron chi connectivity index (χ4n) is 2.27. The first-order valence-electron chi connectivity index (χ1n) is 7.60. The van der Waals surface area contributed by atoms with Gasteiger partial charge in [0.2, 0.25) is 0 Å². The van der Waals surface area contributed by atoms with Crippen LogP contribution < -0.4 is 4.74 Å². The zero-order valence-corrected chi connectivity index (χ0v) is 13.3. The lowest BCUT2D eigenvalue weighted by Crippen LogP contribution is -2.16. The molecule has 2 heteroatoms. The van der Waals surface area contributed by atoms with E-state index in [0.717, 1.165) is 27.9 Å². The molecular weight excluding hydrogens is 270 g/mol. The van der Waals surface area contributed by atoms with Crippen molar-refractivity contribution in [1.82, 2.24) is 4.98 Å². The number of ether oxygens (including phenoxy) is 1. The van der Waals surface area contributed by atoms with Crippen LogP contribution in [0.3, 0.4) is 0 Å². The van der Waals surface area contributed by atoms with Gasteiger partial charge in [0, 0.05) is 10.9 Å². The molecule has 2 aromatic carbocycles. The van der Waals surface area contributed by atoms with Crippen molar-refractivity contribution in [2.45, 2.75) is 20.8 Å². The third kappa shape index (κ3) is 3.45. The van der Waals surface area contributed by atoms with Crippen molar-refractivity contribution in [3.05, 3.63) is 60.7 Å². The Balaban J connectivity index is 1.90. The largest absolute Gasteiger partial charge is 0.493 e. The summed E-state index contributed by atoms with van der Waals surface area (Å²) in [5.74, 6) is 0.891. The number of hydrogen-bond donors (Lipinski definition) is 0. The van der Waals surface area contributed by atoms with E-state index in [2.05, 4.69) is 51.1 Å². The van der Waals surface area contributed by atoms with Crippen molar-refractivity contribution < 1.29 is 4.74 Å². The van der Waals surface area contributed by atoms with Crippen LogP contribution >= 0.6 is 0 Å². The highest BCUT2D eigenvalue weighted by molar-refractivity contribution is 5.81. The molecule has 0 saturated carbocycles. The van der Waals surface area contributed by atoms with E-state index in [4.69, 9.17) is 9.72 Å². The molecule has 0 N–H and O–H groups in total. The summed E-state index contributed by atoms with van der Waals surface area (Å²) in [6.07, 6.45) is 0. The van der Waals surface area contributed by atoms with Crippen LogP contribution in [-0.4, -0.2) is 11.6 Å². The Morgan fingerprint density at radius 1 is 0.909 bits per heavy atom. The molecule has 0 amide bonds. The summed E-state index contributed by atoms with van der Waals surface area (Å²) in [7, 11) is 0. The van der Waals surface area contributed by atoms with Gasteiger partial charge >= 0.3 is 0 Å². The predicted octanol–water partition coefficient (Wildman–Crippen LogP) is 5.33. The molecular formula is C20H21NO. The molecule has 0 radical (unpaired) electrons. The Kier molecular flexibility index (Phi) is 3.84. The van der Waals surface area contributed by atoms with Gasteiger partial charge in [-0.25, -0.2) is 4.98 Å². The highest BCUT2D eigenvalue weighted by atomic mass is 16.5.